The van der Waals surface area contributed by atoms with E-state index in [1.807, 2.05) is 6.92 Å². The Morgan fingerprint density at radius 1 is 1.56 bits per heavy atom. The van der Waals surface area contributed by atoms with E-state index in [0.29, 0.717) is 5.41 Å². The minimum absolute atomic E-state index is 0.350. The maximum Gasteiger partial charge on any atom is 0.145 e. The van der Waals surface area contributed by atoms with Crippen LogP contribution in [0.4, 0.5) is 0 Å². The van der Waals surface area contributed by atoms with Gasteiger partial charge in [-0.25, -0.2) is 0 Å². The van der Waals surface area contributed by atoms with Crippen molar-refractivity contribution in [2.24, 2.45) is 17.3 Å². The topological polar surface area (TPSA) is 17.1 Å². The summed E-state index contributed by atoms with van der Waals surface area (Å²) in [5.74, 6) is 1.65. The molecule has 0 unspecified atom stereocenters. The molecule has 0 heterocycles. The number of carbonyl (C=O) groups is 1. The number of rotatable bonds is 4. The van der Waals surface area contributed by atoms with E-state index < -0.39 is 0 Å². The minimum Gasteiger partial charge on any atom is -0.298 e. The van der Waals surface area contributed by atoms with E-state index in [-0.39, 0.29) is 0 Å². The second-order valence-electron chi connectivity index (χ2n) is 5.75. The van der Waals surface area contributed by atoms with E-state index in [1.54, 1.807) is 0 Å². The third kappa shape index (κ3) is 1.77. The summed E-state index contributed by atoms with van der Waals surface area (Å²) in [5, 5.41) is 0. The monoisotopic (exact) mass is 218 g/mol. The maximum atomic E-state index is 10.5. The first-order valence-corrected chi connectivity index (χ1v) is 6.39. The van der Waals surface area contributed by atoms with Crippen molar-refractivity contribution in [1.82, 2.24) is 0 Å². The van der Waals surface area contributed by atoms with Gasteiger partial charge in [-0.2, -0.15) is 0 Å². The fourth-order valence-electron chi connectivity index (χ4n) is 3.62. The molecule has 88 valence electrons. The molecule has 0 amide bonds. The van der Waals surface area contributed by atoms with Crippen LogP contribution in [0.2, 0.25) is 0 Å². The van der Waals surface area contributed by atoms with Crippen LogP contribution in [0.15, 0.2) is 23.8 Å². The van der Waals surface area contributed by atoms with E-state index >= 15 is 0 Å². The summed E-state index contributed by atoms with van der Waals surface area (Å²) >= 11 is 0. The minimum atomic E-state index is 0.350. The van der Waals surface area contributed by atoms with Crippen molar-refractivity contribution in [3.8, 4) is 0 Å². The SMILES string of the molecule is C=C1[C@@H]2CC[C@@H](C2)[C@@]1(C)CC/C=C(/C)C=O. The molecule has 2 aliphatic carbocycles. The first-order valence-electron chi connectivity index (χ1n) is 6.39. The smallest absolute Gasteiger partial charge is 0.145 e. The second-order valence-corrected chi connectivity index (χ2v) is 5.75. The summed E-state index contributed by atoms with van der Waals surface area (Å²) in [6.07, 6.45) is 9.31. The molecule has 0 aromatic carbocycles. The Bertz CT molecular complexity index is 339. The molecule has 0 aromatic rings. The highest BCUT2D eigenvalue weighted by molar-refractivity contribution is 5.71. The van der Waals surface area contributed by atoms with Gasteiger partial charge in [0.15, 0.2) is 0 Å². The number of hydrogen-bond acceptors (Lipinski definition) is 1. The molecule has 2 fully saturated rings. The molecule has 0 aliphatic heterocycles. The Kier molecular flexibility index (Phi) is 3.05. The van der Waals surface area contributed by atoms with Crippen LogP contribution >= 0.6 is 0 Å². The van der Waals surface area contributed by atoms with Gasteiger partial charge in [-0.3, -0.25) is 4.79 Å². The molecule has 0 saturated heterocycles. The maximum absolute atomic E-state index is 10.5. The summed E-state index contributed by atoms with van der Waals surface area (Å²) in [4.78, 5) is 10.5. The lowest BCUT2D eigenvalue weighted by molar-refractivity contribution is -0.104. The number of allylic oxidation sites excluding steroid dienone is 3. The molecule has 1 heteroatoms. The van der Waals surface area contributed by atoms with Crippen molar-refractivity contribution in [1.29, 1.82) is 0 Å². The summed E-state index contributed by atoms with van der Waals surface area (Å²) in [6, 6.07) is 0. The molecule has 2 saturated carbocycles. The second kappa shape index (κ2) is 4.20. The molecule has 2 bridgehead atoms. The fourth-order valence-corrected chi connectivity index (χ4v) is 3.62. The van der Waals surface area contributed by atoms with Gasteiger partial charge in [0.25, 0.3) is 0 Å². The van der Waals surface area contributed by atoms with Crippen LogP contribution in [-0.2, 0) is 4.79 Å². The molecular formula is C15H22O. The largest absolute Gasteiger partial charge is 0.298 e. The normalized spacial score (nSPS) is 38.1. The lowest BCUT2D eigenvalue weighted by atomic mass is 9.69. The third-order valence-electron chi connectivity index (χ3n) is 4.88. The van der Waals surface area contributed by atoms with Gasteiger partial charge in [0.1, 0.15) is 6.29 Å². The molecule has 0 spiro atoms. The Morgan fingerprint density at radius 3 is 2.88 bits per heavy atom. The van der Waals surface area contributed by atoms with Gasteiger partial charge in [0, 0.05) is 0 Å². The van der Waals surface area contributed by atoms with E-state index in [4.69, 9.17) is 0 Å². The molecule has 0 aromatic heterocycles. The first kappa shape index (κ1) is 11.6. The predicted octanol–water partition coefficient (Wildman–Crippen LogP) is 3.90. The van der Waals surface area contributed by atoms with Gasteiger partial charge in [-0.05, 0) is 61.9 Å². The van der Waals surface area contributed by atoms with Crippen molar-refractivity contribution in [2.75, 3.05) is 0 Å². The van der Waals surface area contributed by atoms with E-state index in [2.05, 4.69) is 19.6 Å². The van der Waals surface area contributed by atoms with Gasteiger partial charge in [-0.1, -0.05) is 25.2 Å². The lowest BCUT2D eigenvalue weighted by Crippen LogP contribution is -2.26. The average molecular weight is 218 g/mol. The Morgan fingerprint density at radius 2 is 2.31 bits per heavy atom. The number of aldehydes is 1. The van der Waals surface area contributed by atoms with E-state index in [1.165, 1.54) is 24.8 Å². The van der Waals surface area contributed by atoms with Crippen LogP contribution in [0.25, 0.3) is 0 Å². The lowest BCUT2D eigenvalue weighted by Gasteiger charge is -2.36. The number of fused-ring (bicyclic) bond motifs is 2. The highest BCUT2D eigenvalue weighted by Gasteiger charge is 2.49. The molecule has 16 heavy (non-hydrogen) atoms. The number of carbonyl (C=O) groups excluding carboxylic acids is 1. The Balaban J connectivity index is 1.99. The van der Waals surface area contributed by atoms with Gasteiger partial charge in [-0.15, -0.1) is 0 Å². The molecular weight excluding hydrogens is 196 g/mol. The van der Waals surface area contributed by atoms with Crippen molar-refractivity contribution in [3.05, 3.63) is 23.8 Å². The highest BCUT2D eigenvalue weighted by Crippen LogP contribution is 2.60. The fraction of sp³-hybridized carbons (Fsp3) is 0.667. The molecule has 2 rings (SSSR count). The van der Waals surface area contributed by atoms with Crippen molar-refractivity contribution >= 4 is 6.29 Å². The van der Waals surface area contributed by atoms with Crippen LogP contribution in [-0.4, -0.2) is 6.29 Å². The molecule has 0 N–H and O–H groups in total. The van der Waals surface area contributed by atoms with Gasteiger partial charge >= 0.3 is 0 Å². The zero-order valence-corrected chi connectivity index (χ0v) is 10.5. The summed E-state index contributed by atoms with van der Waals surface area (Å²) in [5.41, 5.74) is 2.70. The zero-order chi connectivity index (χ0) is 11.8. The van der Waals surface area contributed by atoms with Crippen LogP contribution in [0, 0.1) is 17.3 Å². The highest BCUT2D eigenvalue weighted by atomic mass is 16.1. The first-order chi connectivity index (χ1) is 7.58. The van der Waals surface area contributed by atoms with Crippen LogP contribution in [0.1, 0.15) is 46.0 Å². The van der Waals surface area contributed by atoms with E-state index in [0.717, 1.165) is 36.5 Å². The van der Waals surface area contributed by atoms with Crippen LogP contribution in [0.3, 0.4) is 0 Å². The molecule has 3 atom stereocenters. The van der Waals surface area contributed by atoms with Crippen molar-refractivity contribution < 1.29 is 4.79 Å². The molecule has 0 radical (unpaired) electrons. The van der Waals surface area contributed by atoms with Gasteiger partial charge < -0.3 is 0 Å². The zero-order valence-electron chi connectivity index (χ0n) is 10.5. The number of hydrogen-bond donors (Lipinski definition) is 0. The van der Waals surface area contributed by atoms with Crippen molar-refractivity contribution in [3.63, 3.8) is 0 Å². The van der Waals surface area contributed by atoms with Crippen LogP contribution in [0.5, 0.6) is 0 Å². The Labute approximate surface area is 98.6 Å². The van der Waals surface area contributed by atoms with Gasteiger partial charge in [0.2, 0.25) is 0 Å². The molecule has 2 aliphatic rings. The summed E-state index contributed by atoms with van der Waals surface area (Å²) < 4.78 is 0. The predicted molar refractivity (Wildman–Crippen MR) is 67.1 cm³/mol. The molecule has 1 nitrogen and oxygen atoms in total. The van der Waals surface area contributed by atoms with Crippen molar-refractivity contribution in [2.45, 2.75) is 46.0 Å². The van der Waals surface area contributed by atoms with E-state index in [9.17, 15) is 4.79 Å². The summed E-state index contributed by atoms with van der Waals surface area (Å²) in [6.45, 7) is 8.58. The average Bonchev–Trinajstić information content (AvgIpc) is 2.83. The van der Waals surface area contributed by atoms with Crippen LogP contribution < -0.4 is 0 Å². The third-order valence-corrected chi connectivity index (χ3v) is 4.88. The quantitative estimate of drug-likeness (QED) is 0.397. The van der Waals surface area contributed by atoms with Gasteiger partial charge in [0.05, 0.1) is 0 Å². The summed E-state index contributed by atoms with van der Waals surface area (Å²) in [7, 11) is 0. The standard InChI is InChI=1S/C15H22O/c1-11(10-16)5-4-8-15(3)12(2)13-6-7-14(15)9-13/h5,10,13-14H,2,4,6-9H2,1,3H3/b11-5-/t13-,14+,15+/m1/s1. The Hall–Kier alpha value is -0.850.